The summed E-state index contributed by atoms with van der Waals surface area (Å²) in [7, 11) is 1.94. The minimum atomic E-state index is 0.622. The molecule has 0 saturated carbocycles. The molecule has 17 heavy (non-hydrogen) atoms. The number of hydrogen-bond acceptors (Lipinski definition) is 5. The van der Waals surface area contributed by atoms with Gasteiger partial charge >= 0.3 is 0 Å². The molecule has 86 valence electrons. The number of aromatic nitrogens is 2. The standard InChI is InChI=1S/C12H12N4S/c1-9-15-11(8-17-9)7-16(2)12-5-10(6-13)3-4-14-12/h3-5,8H,7H2,1-2H3. The first-order valence-corrected chi connectivity index (χ1v) is 6.05. The zero-order valence-corrected chi connectivity index (χ0v) is 10.5. The maximum atomic E-state index is 8.83. The van der Waals surface area contributed by atoms with Gasteiger partial charge < -0.3 is 4.90 Å². The number of rotatable bonds is 3. The lowest BCUT2D eigenvalue weighted by molar-refractivity contribution is 0.870. The molecule has 0 fully saturated rings. The number of thiazole rings is 1. The largest absolute Gasteiger partial charge is 0.354 e. The minimum Gasteiger partial charge on any atom is -0.354 e. The quantitative estimate of drug-likeness (QED) is 0.831. The molecule has 0 atom stereocenters. The molecule has 0 saturated heterocycles. The number of hydrogen-bond donors (Lipinski definition) is 0. The van der Waals surface area contributed by atoms with Gasteiger partial charge in [0.05, 0.1) is 28.9 Å². The van der Waals surface area contributed by atoms with E-state index in [9.17, 15) is 0 Å². The maximum absolute atomic E-state index is 8.83. The highest BCUT2D eigenvalue weighted by molar-refractivity contribution is 7.09. The Labute approximate surface area is 104 Å². The first-order chi connectivity index (χ1) is 8.19. The Bertz CT molecular complexity index is 556. The van der Waals surface area contributed by atoms with Gasteiger partial charge in [0, 0.05) is 18.6 Å². The third-order valence-corrected chi connectivity index (χ3v) is 3.15. The van der Waals surface area contributed by atoms with Gasteiger partial charge in [-0.3, -0.25) is 0 Å². The Hall–Kier alpha value is -1.93. The van der Waals surface area contributed by atoms with Crippen LogP contribution in [0.1, 0.15) is 16.3 Å². The van der Waals surface area contributed by atoms with Gasteiger partial charge in [0.1, 0.15) is 5.82 Å². The summed E-state index contributed by atoms with van der Waals surface area (Å²) in [5.41, 5.74) is 1.65. The van der Waals surface area contributed by atoms with Crippen LogP contribution in [0, 0.1) is 18.3 Å². The third kappa shape index (κ3) is 2.80. The van der Waals surface area contributed by atoms with Crippen LogP contribution in [0.2, 0.25) is 0 Å². The van der Waals surface area contributed by atoms with E-state index in [0.29, 0.717) is 12.1 Å². The average Bonchev–Trinajstić information content (AvgIpc) is 2.75. The molecule has 0 N–H and O–H groups in total. The van der Waals surface area contributed by atoms with Crippen molar-refractivity contribution < 1.29 is 0 Å². The van der Waals surface area contributed by atoms with Crippen LogP contribution in [0.15, 0.2) is 23.7 Å². The smallest absolute Gasteiger partial charge is 0.129 e. The molecule has 4 nitrogen and oxygen atoms in total. The van der Waals surface area contributed by atoms with Crippen molar-refractivity contribution in [3.8, 4) is 6.07 Å². The Balaban J connectivity index is 2.14. The predicted octanol–water partition coefficient (Wildman–Crippen LogP) is 2.35. The second-order valence-corrected chi connectivity index (χ2v) is 4.79. The van der Waals surface area contributed by atoms with E-state index in [-0.39, 0.29) is 0 Å². The molecule has 2 rings (SSSR count). The van der Waals surface area contributed by atoms with E-state index in [1.54, 1.807) is 29.7 Å². The van der Waals surface area contributed by atoms with Crippen molar-refractivity contribution in [2.45, 2.75) is 13.5 Å². The van der Waals surface area contributed by atoms with Crippen molar-refractivity contribution >= 4 is 17.2 Å². The summed E-state index contributed by atoms with van der Waals surface area (Å²) in [5.74, 6) is 0.787. The molecule has 0 amide bonds. The van der Waals surface area contributed by atoms with Crippen molar-refractivity contribution in [3.63, 3.8) is 0 Å². The van der Waals surface area contributed by atoms with Crippen LogP contribution in [0.5, 0.6) is 0 Å². The average molecular weight is 244 g/mol. The first kappa shape index (κ1) is 11.6. The molecule has 2 aromatic heterocycles. The fraction of sp³-hybridized carbons (Fsp3) is 0.250. The van der Waals surface area contributed by atoms with Crippen LogP contribution in [-0.4, -0.2) is 17.0 Å². The van der Waals surface area contributed by atoms with E-state index in [1.807, 2.05) is 24.3 Å². The first-order valence-electron chi connectivity index (χ1n) is 5.17. The molecule has 0 aliphatic carbocycles. The Morgan fingerprint density at radius 2 is 2.35 bits per heavy atom. The fourth-order valence-electron chi connectivity index (χ4n) is 1.50. The van der Waals surface area contributed by atoms with Crippen LogP contribution >= 0.6 is 11.3 Å². The number of nitriles is 1. The molecule has 2 aromatic rings. The lowest BCUT2D eigenvalue weighted by atomic mass is 10.3. The Morgan fingerprint density at radius 1 is 1.53 bits per heavy atom. The van der Waals surface area contributed by atoms with Crippen LogP contribution in [-0.2, 0) is 6.54 Å². The van der Waals surface area contributed by atoms with Gasteiger partial charge in [-0.15, -0.1) is 11.3 Å². The van der Waals surface area contributed by atoms with E-state index in [1.165, 1.54) is 0 Å². The molecular weight excluding hydrogens is 232 g/mol. The number of nitrogens with zero attached hydrogens (tertiary/aromatic N) is 4. The van der Waals surface area contributed by atoms with Gasteiger partial charge in [0.2, 0.25) is 0 Å². The minimum absolute atomic E-state index is 0.622. The van der Waals surface area contributed by atoms with Gasteiger partial charge in [0.25, 0.3) is 0 Å². The molecule has 0 radical (unpaired) electrons. The molecule has 0 spiro atoms. The number of aryl methyl sites for hydroxylation is 1. The molecule has 0 aromatic carbocycles. The van der Waals surface area contributed by atoms with Crippen LogP contribution in [0.3, 0.4) is 0 Å². The lowest BCUT2D eigenvalue weighted by Gasteiger charge is -2.16. The van der Waals surface area contributed by atoms with Crippen LogP contribution in [0.4, 0.5) is 5.82 Å². The van der Waals surface area contributed by atoms with E-state index in [4.69, 9.17) is 5.26 Å². The molecule has 0 bridgehead atoms. The molecule has 0 aliphatic rings. The zero-order valence-electron chi connectivity index (χ0n) is 9.71. The maximum Gasteiger partial charge on any atom is 0.129 e. The highest BCUT2D eigenvalue weighted by Gasteiger charge is 2.06. The zero-order chi connectivity index (χ0) is 12.3. The highest BCUT2D eigenvalue weighted by Crippen LogP contribution is 2.15. The van der Waals surface area contributed by atoms with E-state index in [0.717, 1.165) is 16.5 Å². The number of anilines is 1. The second kappa shape index (κ2) is 4.93. The lowest BCUT2D eigenvalue weighted by Crippen LogP contribution is -2.17. The normalized spacial score (nSPS) is 9.94. The van der Waals surface area contributed by atoms with Crippen molar-refractivity contribution in [2.24, 2.45) is 0 Å². The molecule has 5 heteroatoms. The SMILES string of the molecule is Cc1nc(CN(C)c2cc(C#N)ccn2)cs1. The van der Waals surface area contributed by atoms with Gasteiger partial charge in [0.15, 0.2) is 0 Å². The van der Waals surface area contributed by atoms with Gasteiger partial charge in [-0.2, -0.15) is 5.26 Å². The summed E-state index contributed by atoms with van der Waals surface area (Å²) >= 11 is 1.64. The van der Waals surface area contributed by atoms with Crippen molar-refractivity contribution in [3.05, 3.63) is 40.0 Å². The van der Waals surface area contributed by atoms with Crippen molar-refractivity contribution in [1.29, 1.82) is 5.26 Å². The summed E-state index contributed by atoms with van der Waals surface area (Å²) < 4.78 is 0. The summed E-state index contributed by atoms with van der Waals surface area (Å²) in [5, 5.41) is 11.9. The Morgan fingerprint density at radius 3 is 3.00 bits per heavy atom. The highest BCUT2D eigenvalue weighted by atomic mass is 32.1. The van der Waals surface area contributed by atoms with Gasteiger partial charge in [-0.05, 0) is 19.1 Å². The van der Waals surface area contributed by atoms with Crippen LogP contribution < -0.4 is 4.90 Å². The van der Waals surface area contributed by atoms with Gasteiger partial charge in [-0.25, -0.2) is 9.97 Å². The van der Waals surface area contributed by atoms with Crippen molar-refractivity contribution in [1.82, 2.24) is 9.97 Å². The fourth-order valence-corrected chi connectivity index (χ4v) is 2.11. The molecule has 0 unspecified atom stereocenters. The molecule has 2 heterocycles. The summed E-state index contributed by atoms with van der Waals surface area (Å²) in [4.78, 5) is 10.6. The monoisotopic (exact) mass is 244 g/mol. The molecule has 0 aliphatic heterocycles. The second-order valence-electron chi connectivity index (χ2n) is 3.73. The molecular formula is C12H12N4S. The van der Waals surface area contributed by atoms with Gasteiger partial charge in [-0.1, -0.05) is 0 Å². The van der Waals surface area contributed by atoms with E-state index >= 15 is 0 Å². The summed E-state index contributed by atoms with van der Waals surface area (Å²) in [6.45, 7) is 2.69. The summed E-state index contributed by atoms with van der Waals surface area (Å²) in [6.07, 6.45) is 1.65. The van der Waals surface area contributed by atoms with Crippen LogP contribution in [0.25, 0.3) is 0 Å². The van der Waals surface area contributed by atoms with Crippen molar-refractivity contribution in [2.75, 3.05) is 11.9 Å². The Kier molecular flexibility index (Phi) is 3.35. The summed E-state index contributed by atoms with van der Waals surface area (Å²) in [6, 6.07) is 5.59. The topological polar surface area (TPSA) is 52.8 Å². The number of pyridine rings is 1. The third-order valence-electron chi connectivity index (χ3n) is 2.33. The van der Waals surface area contributed by atoms with E-state index < -0.39 is 0 Å². The predicted molar refractivity (Wildman–Crippen MR) is 67.9 cm³/mol. The van der Waals surface area contributed by atoms with E-state index in [2.05, 4.69) is 16.0 Å².